The number of aliphatic hydroxyl groups excluding tert-OH is 2. The van der Waals surface area contributed by atoms with E-state index in [0.717, 1.165) is 24.8 Å². The second-order valence-electron chi connectivity index (χ2n) is 4.30. The first-order chi connectivity index (χ1) is 8.24. The number of benzene rings is 1. The highest BCUT2D eigenvalue weighted by molar-refractivity contribution is 5.43. The van der Waals surface area contributed by atoms with E-state index in [2.05, 4.69) is 0 Å². The summed E-state index contributed by atoms with van der Waals surface area (Å²) < 4.78 is 11.0. The van der Waals surface area contributed by atoms with Crippen LogP contribution >= 0.6 is 0 Å². The lowest BCUT2D eigenvalue weighted by Gasteiger charge is -2.19. The van der Waals surface area contributed by atoms with Crippen LogP contribution in [0.4, 0.5) is 0 Å². The Morgan fingerprint density at radius 1 is 1.29 bits per heavy atom. The van der Waals surface area contributed by atoms with Gasteiger partial charge in [-0.3, -0.25) is 0 Å². The predicted octanol–water partition coefficient (Wildman–Crippen LogP) is 1.48. The van der Waals surface area contributed by atoms with Crippen LogP contribution in [0.1, 0.15) is 24.8 Å². The zero-order chi connectivity index (χ0) is 12.3. The first kappa shape index (κ1) is 12.2. The molecule has 0 spiro atoms. The zero-order valence-corrected chi connectivity index (χ0v) is 9.93. The van der Waals surface area contributed by atoms with Crippen molar-refractivity contribution in [3.63, 3.8) is 0 Å². The van der Waals surface area contributed by atoms with Crippen molar-refractivity contribution in [1.82, 2.24) is 0 Å². The Labute approximate surface area is 101 Å². The molecule has 0 bridgehead atoms. The Bertz CT molecular complexity index is 378. The molecule has 4 nitrogen and oxygen atoms in total. The molecule has 0 amide bonds. The molecule has 1 aromatic carbocycles. The highest BCUT2D eigenvalue weighted by Gasteiger charge is 2.27. The zero-order valence-electron chi connectivity index (χ0n) is 9.93. The van der Waals surface area contributed by atoms with Crippen molar-refractivity contribution in [3.05, 3.63) is 23.8 Å². The maximum absolute atomic E-state index is 9.71. The van der Waals surface area contributed by atoms with Crippen molar-refractivity contribution in [2.45, 2.75) is 38.1 Å². The number of aliphatic hydroxyl groups is 2. The quantitative estimate of drug-likeness (QED) is 0.834. The van der Waals surface area contributed by atoms with Gasteiger partial charge in [0.2, 0.25) is 0 Å². The fourth-order valence-corrected chi connectivity index (χ4v) is 2.11. The van der Waals surface area contributed by atoms with Crippen LogP contribution in [-0.2, 0) is 6.61 Å². The van der Waals surface area contributed by atoms with Crippen LogP contribution in [0.25, 0.3) is 0 Å². The monoisotopic (exact) mass is 238 g/mol. The minimum Gasteiger partial charge on any atom is -0.493 e. The van der Waals surface area contributed by atoms with E-state index in [4.69, 9.17) is 14.6 Å². The molecule has 4 heteroatoms. The summed E-state index contributed by atoms with van der Waals surface area (Å²) >= 11 is 0. The van der Waals surface area contributed by atoms with Gasteiger partial charge in [-0.05, 0) is 37.0 Å². The maximum atomic E-state index is 9.71. The van der Waals surface area contributed by atoms with Gasteiger partial charge in [0.25, 0.3) is 0 Å². The minimum absolute atomic E-state index is 0.0251. The summed E-state index contributed by atoms with van der Waals surface area (Å²) in [5.74, 6) is 1.21. The van der Waals surface area contributed by atoms with Gasteiger partial charge in [0.05, 0.1) is 19.8 Å². The first-order valence-electron chi connectivity index (χ1n) is 5.87. The molecule has 1 saturated carbocycles. The number of rotatable bonds is 4. The van der Waals surface area contributed by atoms with Gasteiger partial charge in [0.15, 0.2) is 11.5 Å². The van der Waals surface area contributed by atoms with E-state index in [9.17, 15) is 5.11 Å². The fraction of sp³-hybridized carbons (Fsp3) is 0.538. The molecular formula is C13H18O4. The third-order valence-electron chi connectivity index (χ3n) is 3.11. The van der Waals surface area contributed by atoms with Gasteiger partial charge in [-0.1, -0.05) is 6.07 Å². The van der Waals surface area contributed by atoms with E-state index in [-0.39, 0.29) is 12.7 Å². The van der Waals surface area contributed by atoms with E-state index in [1.807, 2.05) is 0 Å². The molecule has 2 N–H and O–H groups in total. The summed E-state index contributed by atoms with van der Waals surface area (Å²) in [6.45, 7) is -0.0251. The Morgan fingerprint density at radius 2 is 2.12 bits per heavy atom. The van der Waals surface area contributed by atoms with Crippen molar-refractivity contribution in [3.8, 4) is 11.5 Å². The molecule has 0 aromatic heterocycles. The molecule has 1 fully saturated rings. The van der Waals surface area contributed by atoms with Gasteiger partial charge in [0.1, 0.15) is 6.10 Å². The molecule has 2 atom stereocenters. The van der Waals surface area contributed by atoms with Crippen molar-refractivity contribution in [2.24, 2.45) is 0 Å². The third-order valence-corrected chi connectivity index (χ3v) is 3.11. The van der Waals surface area contributed by atoms with Gasteiger partial charge >= 0.3 is 0 Å². The van der Waals surface area contributed by atoms with Crippen LogP contribution in [0.5, 0.6) is 11.5 Å². The molecule has 0 unspecified atom stereocenters. The van der Waals surface area contributed by atoms with E-state index in [0.29, 0.717) is 11.5 Å². The number of ether oxygens (including phenoxy) is 2. The van der Waals surface area contributed by atoms with Crippen LogP contribution in [0.15, 0.2) is 18.2 Å². The van der Waals surface area contributed by atoms with Crippen molar-refractivity contribution in [2.75, 3.05) is 7.11 Å². The molecule has 0 saturated heterocycles. The van der Waals surface area contributed by atoms with Crippen LogP contribution in [0.2, 0.25) is 0 Å². The second-order valence-corrected chi connectivity index (χ2v) is 4.30. The fourth-order valence-electron chi connectivity index (χ4n) is 2.11. The summed E-state index contributed by atoms with van der Waals surface area (Å²) in [5, 5.41) is 18.7. The first-order valence-corrected chi connectivity index (χ1v) is 5.87. The van der Waals surface area contributed by atoms with Crippen molar-refractivity contribution >= 4 is 0 Å². The van der Waals surface area contributed by atoms with E-state index < -0.39 is 6.10 Å². The second kappa shape index (κ2) is 5.38. The average Bonchev–Trinajstić information content (AvgIpc) is 2.75. The molecule has 0 aliphatic heterocycles. The SMILES string of the molecule is COc1cc(CO)ccc1O[C@H]1CCC[C@@H]1O. The molecule has 1 aliphatic carbocycles. The lowest BCUT2D eigenvalue weighted by molar-refractivity contribution is 0.0586. The van der Waals surface area contributed by atoms with Gasteiger partial charge in [-0.15, -0.1) is 0 Å². The summed E-state index contributed by atoms with van der Waals surface area (Å²) in [5.41, 5.74) is 0.779. The Morgan fingerprint density at radius 3 is 2.71 bits per heavy atom. The lowest BCUT2D eigenvalue weighted by atomic mass is 10.2. The third kappa shape index (κ3) is 2.70. The molecule has 1 aliphatic rings. The van der Waals surface area contributed by atoms with Gasteiger partial charge in [-0.25, -0.2) is 0 Å². The summed E-state index contributed by atoms with van der Waals surface area (Å²) in [4.78, 5) is 0. The summed E-state index contributed by atoms with van der Waals surface area (Å²) in [7, 11) is 1.56. The van der Waals surface area contributed by atoms with Gasteiger partial charge in [0, 0.05) is 0 Å². The van der Waals surface area contributed by atoms with Gasteiger partial charge in [-0.2, -0.15) is 0 Å². The van der Waals surface area contributed by atoms with Crippen molar-refractivity contribution in [1.29, 1.82) is 0 Å². The normalized spacial score (nSPS) is 23.7. The largest absolute Gasteiger partial charge is 0.493 e. The van der Waals surface area contributed by atoms with Gasteiger partial charge < -0.3 is 19.7 Å². The number of methoxy groups -OCH3 is 1. The number of hydrogen-bond acceptors (Lipinski definition) is 4. The molecule has 0 radical (unpaired) electrons. The highest BCUT2D eigenvalue weighted by Crippen LogP contribution is 2.32. The molecule has 94 valence electrons. The van der Waals surface area contributed by atoms with Crippen LogP contribution in [0, 0.1) is 0 Å². The molecular weight excluding hydrogens is 220 g/mol. The Balaban J connectivity index is 2.14. The number of hydrogen-bond donors (Lipinski definition) is 2. The van der Waals surface area contributed by atoms with Crippen LogP contribution in [-0.4, -0.2) is 29.5 Å². The van der Waals surface area contributed by atoms with E-state index >= 15 is 0 Å². The van der Waals surface area contributed by atoms with E-state index in [1.54, 1.807) is 25.3 Å². The Kier molecular flexibility index (Phi) is 3.86. The minimum atomic E-state index is -0.391. The summed E-state index contributed by atoms with van der Waals surface area (Å²) in [6.07, 6.45) is 2.11. The maximum Gasteiger partial charge on any atom is 0.161 e. The molecule has 0 heterocycles. The van der Waals surface area contributed by atoms with Crippen LogP contribution in [0.3, 0.4) is 0 Å². The lowest BCUT2D eigenvalue weighted by Crippen LogP contribution is -2.25. The summed E-state index contributed by atoms with van der Waals surface area (Å²) in [6, 6.07) is 5.31. The van der Waals surface area contributed by atoms with Crippen molar-refractivity contribution < 1.29 is 19.7 Å². The molecule has 17 heavy (non-hydrogen) atoms. The standard InChI is InChI=1S/C13H18O4/c1-16-13-7-9(8-14)5-6-12(13)17-11-4-2-3-10(11)15/h5-7,10-11,14-15H,2-4,8H2,1H3/t10-,11-/m0/s1. The average molecular weight is 238 g/mol. The predicted molar refractivity (Wildman–Crippen MR) is 63.2 cm³/mol. The van der Waals surface area contributed by atoms with E-state index in [1.165, 1.54) is 0 Å². The molecule has 2 rings (SSSR count). The topological polar surface area (TPSA) is 58.9 Å². The highest BCUT2D eigenvalue weighted by atomic mass is 16.5. The molecule has 1 aromatic rings. The Hall–Kier alpha value is -1.26. The van der Waals surface area contributed by atoms with Crippen LogP contribution < -0.4 is 9.47 Å². The smallest absolute Gasteiger partial charge is 0.161 e.